The second-order valence-corrected chi connectivity index (χ2v) is 10.6. The van der Waals surface area contributed by atoms with Gasteiger partial charge in [0.1, 0.15) is 0 Å². The summed E-state index contributed by atoms with van der Waals surface area (Å²) < 4.78 is 0. The van der Waals surface area contributed by atoms with Crippen LogP contribution in [0.1, 0.15) is 117 Å². The fraction of sp³-hybridized carbons (Fsp3) is 0.778. The summed E-state index contributed by atoms with van der Waals surface area (Å²) >= 11 is 6.77. The Morgan fingerprint density at radius 2 is 1.25 bits per heavy atom. The topological polar surface area (TPSA) is 0 Å². The summed E-state index contributed by atoms with van der Waals surface area (Å²) in [6, 6.07) is 10.5. The predicted molar refractivity (Wildman–Crippen MR) is 128 cm³/mol. The average Bonchev–Trinajstić information content (AvgIpc) is 2.71. The molecule has 162 valence electrons. The Bertz CT molecular complexity index is 475. The van der Waals surface area contributed by atoms with Crippen LogP contribution in [-0.4, -0.2) is 4.87 Å². The number of benzene rings is 1. The van der Waals surface area contributed by atoms with Gasteiger partial charge in [-0.1, -0.05) is 123 Å². The van der Waals surface area contributed by atoms with Gasteiger partial charge in [-0.2, -0.15) is 0 Å². The lowest BCUT2D eigenvalue weighted by Gasteiger charge is -2.44. The van der Waals surface area contributed by atoms with E-state index < -0.39 is 0 Å². The molecule has 1 aromatic carbocycles. The number of rotatable bonds is 3. The molecule has 0 N–H and O–H groups in total. The van der Waals surface area contributed by atoms with E-state index >= 15 is 0 Å². The number of alkyl halides is 1. The van der Waals surface area contributed by atoms with Gasteiger partial charge in [0.25, 0.3) is 0 Å². The minimum Gasteiger partial charge on any atom is -0.119 e. The van der Waals surface area contributed by atoms with Gasteiger partial charge in [0.15, 0.2) is 0 Å². The van der Waals surface area contributed by atoms with Crippen LogP contribution >= 0.6 is 11.6 Å². The van der Waals surface area contributed by atoms with E-state index in [1.54, 1.807) is 0 Å². The zero-order valence-electron chi connectivity index (χ0n) is 19.6. The van der Waals surface area contributed by atoms with Crippen molar-refractivity contribution in [1.82, 2.24) is 0 Å². The summed E-state index contributed by atoms with van der Waals surface area (Å²) in [5.41, 5.74) is 1.41. The molecular weight excluding hydrogens is 360 g/mol. The molecule has 2 fully saturated rings. The molecule has 3 rings (SSSR count). The fourth-order valence-corrected chi connectivity index (χ4v) is 5.18. The molecule has 0 radical (unpaired) electrons. The van der Waals surface area contributed by atoms with Crippen molar-refractivity contribution < 1.29 is 0 Å². The summed E-state index contributed by atoms with van der Waals surface area (Å²) in [6.07, 6.45) is 14.3. The van der Waals surface area contributed by atoms with E-state index in [1.165, 1.54) is 69.8 Å². The molecule has 0 saturated heterocycles. The van der Waals surface area contributed by atoms with E-state index in [-0.39, 0.29) is 4.87 Å². The first-order valence-corrected chi connectivity index (χ1v) is 12.4. The molecule has 2 aliphatic rings. The van der Waals surface area contributed by atoms with Gasteiger partial charge in [-0.15, -0.1) is 11.6 Å². The third-order valence-corrected chi connectivity index (χ3v) is 7.58. The first-order chi connectivity index (χ1) is 13.3. The molecule has 0 amide bonds. The monoisotopic (exact) mass is 406 g/mol. The summed E-state index contributed by atoms with van der Waals surface area (Å²) in [5, 5.41) is 0. The molecule has 0 aliphatic heterocycles. The van der Waals surface area contributed by atoms with Gasteiger partial charge in [0.2, 0.25) is 0 Å². The molecule has 0 nitrogen and oxygen atoms in total. The van der Waals surface area contributed by atoms with E-state index in [2.05, 4.69) is 65.8 Å². The van der Waals surface area contributed by atoms with Crippen LogP contribution in [0.4, 0.5) is 0 Å². The Balaban J connectivity index is 0.000000226. The highest BCUT2D eigenvalue weighted by molar-refractivity contribution is 6.24. The van der Waals surface area contributed by atoms with Crippen LogP contribution in [0.3, 0.4) is 0 Å². The van der Waals surface area contributed by atoms with Crippen molar-refractivity contribution in [2.24, 2.45) is 17.8 Å². The highest BCUT2D eigenvalue weighted by atomic mass is 35.5. The molecule has 2 saturated carbocycles. The zero-order valence-corrected chi connectivity index (χ0v) is 20.4. The van der Waals surface area contributed by atoms with E-state index in [4.69, 9.17) is 11.6 Å². The van der Waals surface area contributed by atoms with E-state index in [1.807, 2.05) is 6.07 Å². The lowest BCUT2D eigenvalue weighted by Crippen LogP contribution is -2.42. The molecule has 2 aliphatic carbocycles. The van der Waals surface area contributed by atoms with Crippen LogP contribution in [0.25, 0.3) is 0 Å². The van der Waals surface area contributed by atoms with Gasteiger partial charge in [-0.25, -0.2) is 0 Å². The maximum atomic E-state index is 6.77. The van der Waals surface area contributed by atoms with Gasteiger partial charge in [-0.05, 0) is 42.1 Å². The Morgan fingerprint density at radius 1 is 0.750 bits per heavy atom. The number of hydrogen-bond donors (Lipinski definition) is 0. The van der Waals surface area contributed by atoms with Crippen molar-refractivity contribution in [3.8, 4) is 0 Å². The van der Waals surface area contributed by atoms with Crippen molar-refractivity contribution in [2.75, 3.05) is 0 Å². The maximum absolute atomic E-state index is 6.77. The molecule has 0 spiro atoms. The second-order valence-electron chi connectivity index (χ2n) is 9.86. The molecule has 0 aromatic heterocycles. The number of halogens is 1. The molecule has 1 heteroatoms. The standard InChI is InChI=1S/C12H23Cl.C9H12.C6H12/c1-9(2)11-7-5-6-8-12(11,13)10(3)4;1-8(2)9-6-4-3-5-7-9;1-2-4-6-5-3-1/h9-11H,5-8H2,1-4H3;3-8H,1-2H3;1-6H2. The lowest BCUT2D eigenvalue weighted by atomic mass is 9.68. The minimum absolute atomic E-state index is 0.0897. The average molecular weight is 407 g/mol. The lowest BCUT2D eigenvalue weighted by molar-refractivity contribution is 0.162. The van der Waals surface area contributed by atoms with Crippen LogP contribution in [0, 0.1) is 17.8 Å². The van der Waals surface area contributed by atoms with E-state index in [9.17, 15) is 0 Å². The van der Waals surface area contributed by atoms with E-state index in [0.29, 0.717) is 11.8 Å². The third kappa shape index (κ3) is 8.89. The maximum Gasteiger partial charge on any atom is 0.0500 e. The molecule has 0 heterocycles. The molecule has 1 aromatic rings. The number of hydrogen-bond acceptors (Lipinski definition) is 0. The minimum atomic E-state index is 0.0897. The molecule has 0 bridgehead atoms. The van der Waals surface area contributed by atoms with Gasteiger partial charge < -0.3 is 0 Å². The summed E-state index contributed by atoms with van der Waals surface area (Å²) in [6.45, 7) is 13.6. The second kappa shape index (κ2) is 13.7. The first-order valence-electron chi connectivity index (χ1n) is 12.0. The Morgan fingerprint density at radius 3 is 1.57 bits per heavy atom. The summed E-state index contributed by atoms with van der Waals surface area (Å²) in [7, 11) is 0. The molecule has 2 unspecified atom stereocenters. The molecule has 2 atom stereocenters. The van der Waals surface area contributed by atoms with E-state index in [0.717, 1.165) is 11.8 Å². The Hall–Kier alpha value is -0.490. The highest BCUT2D eigenvalue weighted by Crippen LogP contribution is 2.47. The van der Waals surface area contributed by atoms with Crippen LogP contribution in [-0.2, 0) is 0 Å². The Labute approximate surface area is 181 Å². The van der Waals surface area contributed by atoms with Gasteiger partial charge in [0.05, 0.1) is 0 Å². The highest BCUT2D eigenvalue weighted by Gasteiger charge is 2.42. The van der Waals surface area contributed by atoms with Crippen LogP contribution < -0.4 is 0 Å². The van der Waals surface area contributed by atoms with Crippen molar-refractivity contribution in [3.05, 3.63) is 35.9 Å². The normalized spacial score (nSPS) is 25.0. The Kier molecular flexibility index (Phi) is 12.5. The van der Waals surface area contributed by atoms with Crippen molar-refractivity contribution in [2.45, 2.75) is 117 Å². The largest absolute Gasteiger partial charge is 0.119 e. The molecular formula is C27H47Cl. The zero-order chi connectivity index (χ0) is 21.0. The van der Waals surface area contributed by atoms with Gasteiger partial charge in [-0.3, -0.25) is 0 Å². The summed E-state index contributed by atoms with van der Waals surface area (Å²) in [4.78, 5) is 0.0897. The van der Waals surface area contributed by atoms with Crippen molar-refractivity contribution in [1.29, 1.82) is 0 Å². The third-order valence-electron chi connectivity index (χ3n) is 6.67. The molecule has 28 heavy (non-hydrogen) atoms. The summed E-state index contributed by atoms with van der Waals surface area (Å²) in [5.74, 6) is 2.73. The van der Waals surface area contributed by atoms with Gasteiger partial charge in [0, 0.05) is 4.87 Å². The van der Waals surface area contributed by atoms with Gasteiger partial charge >= 0.3 is 0 Å². The smallest absolute Gasteiger partial charge is 0.0500 e. The quantitative estimate of drug-likeness (QED) is 0.438. The van der Waals surface area contributed by atoms with Crippen LogP contribution in [0.2, 0.25) is 0 Å². The predicted octanol–water partition coefficient (Wildman–Crippen LogP) is 9.62. The SMILES string of the molecule is C1CCCCC1.CC(C)C1CCCCC1(Cl)C(C)C.CC(C)c1ccccc1. The van der Waals surface area contributed by atoms with Crippen LogP contribution in [0.5, 0.6) is 0 Å². The van der Waals surface area contributed by atoms with Crippen molar-refractivity contribution in [3.63, 3.8) is 0 Å². The fourth-order valence-electron chi connectivity index (χ4n) is 4.69. The van der Waals surface area contributed by atoms with Crippen LogP contribution in [0.15, 0.2) is 30.3 Å². The van der Waals surface area contributed by atoms with Crippen molar-refractivity contribution >= 4 is 11.6 Å². The first kappa shape index (κ1) is 25.5.